The van der Waals surface area contributed by atoms with E-state index in [4.69, 9.17) is 0 Å². The molecule has 246 valence electrons. The first-order valence-electron chi connectivity index (χ1n) is 17.8. The molecular weight excluding hydrogens is 629 g/mol. The average molecular weight is 665 g/mol. The Balaban J connectivity index is 1.40. The fraction of sp³-hybridized carbons (Fsp3) is 0. The minimum Gasteiger partial charge on any atom is -0.309 e. The van der Waals surface area contributed by atoms with E-state index in [0.29, 0.717) is 0 Å². The van der Waals surface area contributed by atoms with Gasteiger partial charge in [0.25, 0.3) is 0 Å². The summed E-state index contributed by atoms with van der Waals surface area (Å²) < 4.78 is 0. The van der Waals surface area contributed by atoms with E-state index in [0.717, 1.165) is 34.1 Å². The predicted molar refractivity (Wildman–Crippen MR) is 222 cm³/mol. The van der Waals surface area contributed by atoms with E-state index in [1.807, 2.05) is 0 Å². The van der Waals surface area contributed by atoms with Crippen LogP contribution in [0.4, 0.5) is 34.1 Å². The van der Waals surface area contributed by atoms with Crippen molar-refractivity contribution in [2.24, 2.45) is 0 Å². The molecule has 9 aromatic rings. The number of fused-ring (bicyclic) bond motifs is 2. The maximum atomic E-state index is 2.46. The van der Waals surface area contributed by atoms with Crippen molar-refractivity contribution in [1.29, 1.82) is 0 Å². The lowest BCUT2D eigenvalue weighted by Crippen LogP contribution is -2.15. The van der Waals surface area contributed by atoms with E-state index in [-0.39, 0.29) is 0 Å². The highest BCUT2D eigenvalue weighted by atomic mass is 15.2. The van der Waals surface area contributed by atoms with Gasteiger partial charge in [0.2, 0.25) is 0 Å². The van der Waals surface area contributed by atoms with Gasteiger partial charge < -0.3 is 9.80 Å². The first-order valence-corrected chi connectivity index (χ1v) is 17.8. The molecule has 0 unspecified atom stereocenters. The fourth-order valence-corrected chi connectivity index (χ4v) is 7.56. The van der Waals surface area contributed by atoms with Crippen LogP contribution in [0.5, 0.6) is 0 Å². The fourth-order valence-electron chi connectivity index (χ4n) is 7.56. The lowest BCUT2D eigenvalue weighted by atomic mass is 9.93. The molecule has 0 aliphatic heterocycles. The van der Waals surface area contributed by atoms with Gasteiger partial charge in [0, 0.05) is 44.0 Å². The zero-order valence-corrected chi connectivity index (χ0v) is 28.7. The standard InChI is InChI=1S/C50H36N2/c1-5-21-37(22-6-1)41-29-17-19-35-47(41)51(39-25-9-3-10-26-39)49-43-31-13-15-33-45(43)50(46-34-16-14-32-44(46)49)52(40-27-11-4-12-28-40)48-36-20-18-30-42(48)38-23-7-2-8-24-38/h1-36H. The number of nitrogens with zero attached hydrogens (tertiary/aromatic N) is 2. The van der Waals surface area contributed by atoms with Gasteiger partial charge in [-0.15, -0.1) is 0 Å². The molecule has 0 radical (unpaired) electrons. The van der Waals surface area contributed by atoms with Crippen molar-refractivity contribution in [2.45, 2.75) is 0 Å². The van der Waals surface area contributed by atoms with Crippen LogP contribution in [0.1, 0.15) is 0 Å². The van der Waals surface area contributed by atoms with E-state index in [1.165, 1.54) is 43.8 Å². The summed E-state index contributed by atoms with van der Waals surface area (Å²) in [6, 6.07) is 78.3. The van der Waals surface area contributed by atoms with Gasteiger partial charge >= 0.3 is 0 Å². The van der Waals surface area contributed by atoms with Crippen LogP contribution in [0.15, 0.2) is 218 Å². The van der Waals surface area contributed by atoms with Crippen molar-refractivity contribution in [3.8, 4) is 22.3 Å². The van der Waals surface area contributed by atoms with Crippen LogP contribution in [-0.2, 0) is 0 Å². The summed E-state index contributed by atoms with van der Waals surface area (Å²) in [6.45, 7) is 0. The third-order valence-corrected chi connectivity index (χ3v) is 9.81. The van der Waals surface area contributed by atoms with Crippen LogP contribution in [0.2, 0.25) is 0 Å². The van der Waals surface area contributed by atoms with Crippen LogP contribution < -0.4 is 9.80 Å². The molecule has 0 saturated heterocycles. The highest BCUT2D eigenvalue weighted by Crippen LogP contribution is 2.53. The molecular formula is C50H36N2. The van der Waals surface area contributed by atoms with Crippen molar-refractivity contribution in [3.63, 3.8) is 0 Å². The van der Waals surface area contributed by atoms with Crippen LogP contribution >= 0.6 is 0 Å². The minimum atomic E-state index is 1.10. The van der Waals surface area contributed by atoms with Crippen LogP contribution in [0.25, 0.3) is 43.8 Å². The molecule has 0 atom stereocenters. The number of benzene rings is 9. The van der Waals surface area contributed by atoms with E-state index in [9.17, 15) is 0 Å². The van der Waals surface area contributed by atoms with Gasteiger partial charge in [-0.3, -0.25) is 0 Å². The first-order chi connectivity index (χ1) is 25.9. The second kappa shape index (κ2) is 13.8. The van der Waals surface area contributed by atoms with E-state index < -0.39 is 0 Å². The lowest BCUT2D eigenvalue weighted by Gasteiger charge is -2.34. The molecule has 0 saturated carbocycles. The molecule has 9 aromatic carbocycles. The van der Waals surface area contributed by atoms with E-state index in [2.05, 4.69) is 228 Å². The maximum absolute atomic E-state index is 2.46. The third-order valence-electron chi connectivity index (χ3n) is 9.81. The van der Waals surface area contributed by atoms with Crippen LogP contribution in [0.3, 0.4) is 0 Å². The number of rotatable bonds is 8. The Bertz CT molecular complexity index is 2380. The van der Waals surface area contributed by atoms with Crippen molar-refractivity contribution < 1.29 is 0 Å². The smallest absolute Gasteiger partial charge is 0.0620 e. The van der Waals surface area contributed by atoms with Gasteiger partial charge in [-0.1, -0.05) is 182 Å². The summed E-state index contributed by atoms with van der Waals surface area (Å²) in [6.07, 6.45) is 0. The Labute approximate surface area is 305 Å². The van der Waals surface area contributed by atoms with Crippen molar-refractivity contribution in [3.05, 3.63) is 218 Å². The molecule has 0 aromatic heterocycles. The minimum absolute atomic E-state index is 1.10. The summed E-state index contributed by atoms with van der Waals surface area (Å²) in [5.74, 6) is 0. The molecule has 2 nitrogen and oxygen atoms in total. The molecule has 0 fully saturated rings. The molecule has 0 spiro atoms. The zero-order chi connectivity index (χ0) is 34.7. The van der Waals surface area contributed by atoms with Crippen molar-refractivity contribution in [1.82, 2.24) is 0 Å². The van der Waals surface area contributed by atoms with Gasteiger partial charge in [-0.05, 0) is 47.5 Å². The lowest BCUT2D eigenvalue weighted by molar-refractivity contribution is 1.29. The van der Waals surface area contributed by atoms with Crippen molar-refractivity contribution >= 4 is 55.7 Å². The summed E-state index contributed by atoms with van der Waals surface area (Å²) >= 11 is 0. The molecule has 2 heteroatoms. The maximum Gasteiger partial charge on any atom is 0.0620 e. The van der Waals surface area contributed by atoms with E-state index in [1.54, 1.807) is 0 Å². The van der Waals surface area contributed by atoms with Gasteiger partial charge in [-0.2, -0.15) is 0 Å². The van der Waals surface area contributed by atoms with Gasteiger partial charge in [0.15, 0.2) is 0 Å². The normalized spacial score (nSPS) is 11.1. The highest BCUT2D eigenvalue weighted by Gasteiger charge is 2.27. The number of anilines is 6. The molecule has 0 aliphatic rings. The van der Waals surface area contributed by atoms with Crippen LogP contribution in [0, 0.1) is 0 Å². The molecule has 9 rings (SSSR count). The molecule has 0 bridgehead atoms. The molecule has 0 heterocycles. The second-order valence-electron chi connectivity index (χ2n) is 12.9. The van der Waals surface area contributed by atoms with E-state index >= 15 is 0 Å². The van der Waals surface area contributed by atoms with Gasteiger partial charge in [0.1, 0.15) is 0 Å². The monoisotopic (exact) mass is 664 g/mol. The topological polar surface area (TPSA) is 6.48 Å². The number of hydrogen-bond donors (Lipinski definition) is 0. The summed E-state index contributed by atoms with van der Waals surface area (Å²) in [7, 11) is 0. The van der Waals surface area contributed by atoms with Gasteiger partial charge in [0.05, 0.1) is 22.7 Å². The number of hydrogen-bond acceptors (Lipinski definition) is 2. The van der Waals surface area contributed by atoms with Crippen LogP contribution in [-0.4, -0.2) is 0 Å². The number of para-hydroxylation sites is 4. The molecule has 0 amide bonds. The molecule has 0 aliphatic carbocycles. The van der Waals surface area contributed by atoms with Gasteiger partial charge in [-0.25, -0.2) is 0 Å². The Hall–Kier alpha value is -6.90. The highest BCUT2D eigenvalue weighted by molar-refractivity contribution is 6.24. The Morgan fingerprint density at radius 2 is 0.500 bits per heavy atom. The average Bonchev–Trinajstić information content (AvgIpc) is 3.23. The largest absolute Gasteiger partial charge is 0.309 e. The summed E-state index contributed by atoms with van der Waals surface area (Å²) in [5, 5.41) is 4.67. The predicted octanol–water partition coefficient (Wildman–Crippen LogP) is 14.3. The Kier molecular flexibility index (Phi) is 8.24. The third kappa shape index (κ3) is 5.57. The molecule has 0 N–H and O–H groups in total. The Morgan fingerprint density at radius 1 is 0.231 bits per heavy atom. The summed E-state index contributed by atoms with van der Waals surface area (Å²) in [5.41, 5.74) is 11.4. The Morgan fingerprint density at radius 3 is 0.846 bits per heavy atom. The SMILES string of the molecule is c1ccc(-c2ccccc2N(c2ccccc2)c2c3ccccc3c(N(c3ccccc3)c3ccccc3-c3ccccc3)c3ccccc23)cc1. The second-order valence-corrected chi connectivity index (χ2v) is 12.9. The first kappa shape index (κ1) is 31.1. The van der Waals surface area contributed by atoms with Crippen molar-refractivity contribution in [2.75, 3.05) is 9.80 Å². The summed E-state index contributed by atoms with van der Waals surface area (Å²) in [4.78, 5) is 4.92. The zero-order valence-electron chi connectivity index (χ0n) is 28.7. The molecule has 52 heavy (non-hydrogen) atoms. The quantitative estimate of drug-likeness (QED) is 0.118.